The van der Waals surface area contributed by atoms with Gasteiger partial charge in [0.1, 0.15) is 5.82 Å². The van der Waals surface area contributed by atoms with Crippen molar-refractivity contribution in [2.24, 2.45) is 0 Å². The monoisotopic (exact) mass is 174 g/mol. The highest BCUT2D eigenvalue weighted by atomic mass is 15.3. The molecular weight excluding hydrogens is 164 g/mol. The predicted molar refractivity (Wildman–Crippen MR) is 49.4 cm³/mol. The van der Waals surface area contributed by atoms with Gasteiger partial charge in [0.2, 0.25) is 0 Å². The molecule has 1 fully saturated rings. The summed E-state index contributed by atoms with van der Waals surface area (Å²) in [6.45, 7) is 0. The number of hydrogen-bond donors (Lipinski definition) is 1. The van der Waals surface area contributed by atoms with Crippen LogP contribution in [0.2, 0.25) is 0 Å². The van der Waals surface area contributed by atoms with Crippen LogP contribution in [0.1, 0.15) is 24.6 Å². The fourth-order valence-electron chi connectivity index (χ4n) is 1.57. The van der Waals surface area contributed by atoms with Crippen molar-refractivity contribution in [3.8, 4) is 0 Å². The van der Waals surface area contributed by atoms with E-state index in [1.165, 1.54) is 12.8 Å². The van der Waals surface area contributed by atoms with E-state index in [0.29, 0.717) is 11.6 Å². The van der Waals surface area contributed by atoms with Crippen molar-refractivity contribution >= 4 is 11.3 Å². The highest BCUT2D eigenvalue weighted by Crippen LogP contribution is 2.39. The molecule has 0 amide bonds. The Balaban J connectivity index is 2.32. The van der Waals surface area contributed by atoms with Crippen LogP contribution >= 0.6 is 0 Å². The van der Waals surface area contributed by atoms with Crippen molar-refractivity contribution < 1.29 is 0 Å². The van der Waals surface area contributed by atoms with Crippen molar-refractivity contribution in [3.05, 3.63) is 24.2 Å². The smallest absolute Gasteiger partial charge is 0.183 e. The minimum Gasteiger partial charge on any atom is -0.396 e. The third-order valence-corrected chi connectivity index (χ3v) is 2.43. The molecule has 0 saturated heterocycles. The maximum Gasteiger partial charge on any atom is 0.183 e. The van der Waals surface area contributed by atoms with Gasteiger partial charge >= 0.3 is 0 Å². The molecule has 4 nitrogen and oxygen atoms in total. The van der Waals surface area contributed by atoms with E-state index in [-0.39, 0.29) is 0 Å². The second-order valence-corrected chi connectivity index (χ2v) is 3.49. The summed E-state index contributed by atoms with van der Waals surface area (Å²) in [5, 5.41) is 8.22. The summed E-state index contributed by atoms with van der Waals surface area (Å²) >= 11 is 0. The highest BCUT2D eigenvalue weighted by molar-refractivity contribution is 5.63. The first kappa shape index (κ1) is 6.88. The second-order valence-electron chi connectivity index (χ2n) is 3.49. The van der Waals surface area contributed by atoms with Crippen LogP contribution in [0.5, 0.6) is 0 Å². The van der Waals surface area contributed by atoms with Gasteiger partial charge in [-0.1, -0.05) is 0 Å². The molecule has 0 atom stereocenters. The summed E-state index contributed by atoms with van der Waals surface area (Å²) < 4.78 is 1.99. The van der Waals surface area contributed by atoms with Crippen molar-refractivity contribution in [1.82, 2.24) is 14.6 Å². The van der Waals surface area contributed by atoms with Gasteiger partial charge < -0.3 is 5.73 Å². The molecule has 2 aromatic rings. The van der Waals surface area contributed by atoms with Crippen LogP contribution in [-0.2, 0) is 0 Å². The number of fused-ring (bicyclic) bond motifs is 1. The molecule has 2 heterocycles. The standard InChI is InChI=1S/C9H10N4/c10-7-2-1-5-13-8(6-3-4-6)11-12-9(7)13/h1-2,5-6H,3-4,10H2. The number of aromatic nitrogens is 3. The number of nitrogen functional groups attached to an aromatic ring is 1. The van der Waals surface area contributed by atoms with Crippen LogP contribution in [0, 0.1) is 0 Å². The zero-order chi connectivity index (χ0) is 8.84. The number of hydrogen-bond acceptors (Lipinski definition) is 3. The first-order valence-corrected chi connectivity index (χ1v) is 4.45. The minimum absolute atomic E-state index is 0.608. The molecule has 0 bridgehead atoms. The zero-order valence-electron chi connectivity index (χ0n) is 7.14. The average Bonchev–Trinajstić information content (AvgIpc) is 2.87. The molecule has 13 heavy (non-hydrogen) atoms. The van der Waals surface area contributed by atoms with Gasteiger partial charge in [-0.2, -0.15) is 0 Å². The number of anilines is 1. The lowest BCUT2D eigenvalue weighted by molar-refractivity contribution is 0.897. The number of pyridine rings is 1. The molecule has 1 aliphatic rings. The molecular formula is C9H10N4. The number of rotatable bonds is 1. The summed E-state index contributed by atoms with van der Waals surface area (Å²) in [5.74, 6) is 1.67. The summed E-state index contributed by atoms with van der Waals surface area (Å²) in [6, 6.07) is 3.78. The first-order chi connectivity index (χ1) is 6.36. The molecule has 2 N–H and O–H groups in total. The van der Waals surface area contributed by atoms with Gasteiger partial charge in [-0.15, -0.1) is 10.2 Å². The molecule has 1 saturated carbocycles. The Bertz CT molecular complexity index is 456. The quantitative estimate of drug-likeness (QED) is 0.706. The van der Waals surface area contributed by atoms with Crippen LogP contribution in [0.4, 0.5) is 5.69 Å². The van der Waals surface area contributed by atoms with E-state index < -0.39 is 0 Å². The third-order valence-electron chi connectivity index (χ3n) is 2.43. The Morgan fingerprint density at radius 3 is 3.00 bits per heavy atom. The van der Waals surface area contributed by atoms with Crippen LogP contribution in [0.15, 0.2) is 18.3 Å². The number of nitrogens with two attached hydrogens (primary N) is 1. The summed E-state index contributed by atoms with van der Waals surface area (Å²) in [4.78, 5) is 0. The van der Waals surface area contributed by atoms with Crippen LogP contribution in [-0.4, -0.2) is 14.6 Å². The van der Waals surface area contributed by atoms with E-state index in [9.17, 15) is 0 Å². The van der Waals surface area contributed by atoms with Gasteiger partial charge in [-0.3, -0.25) is 4.40 Å². The van der Waals surface area contributed by atoms with E-state index >= 15 is 0 Å². The largest absolute Gasteiger partial charge is 0.396 e. The highest BCUT2D eigenvalue weighted by Gasteiger charge is 2.28. The van der Waals surface area contributed by atoms with E-state index in [1.807, 2.05) is 22.7 Å². The van der Waals surface area contributed by atoms with Crippen molar-refractivity contribution in [2.45, 2.75) is 18.8 Å². The SMILES string of the molecule is Nc1cccn2c(C3CC3)nnc12. The zero-order valence-corrected chi connectivity index (χ0v) is 7.14. The minimum atomic E-state index is 0.608. The maximum atomic E-state index is 5.77. The molecule has 0 spiro atoms. The van der Waals surface area contributed by atoms with Crippen LogP contribution < -0.4 is 5.73 Å². The third kappa shape index (κ3) is 0.915. The fraction of sp³-hybridized carbons (Fsp3) is 0.333. The Labute approximate surface area is 75.4 Å². The lowest BCUT2D eigenvalue weighted by Gasteiger charge is -1.97. The van der Waals surface area contributed by atoms with Crippen molar-refractivity contribution in [3.63, 3.8) is 0 Å². The normalized spacial score (nSPS) is 16.6. The Morgan fingerprint density at radius 1 is 1.38 bits per heavy atom. The Morgan fingerprint density at radius 2 is 2.23 bits per heavy atom. The maximum absolute atomic E-state index is 5.77. The van der Waals surface area contributed by atoms with E-state index in [0.717, 1.165) is 11.5 Å². The van der Waals surface area contributed by atoms with Gasteiger partial charge in [0.05, 0.1) is 5.69 Å². The topological polar surface area (TPSA) is 56.2 Å². The van der Waals surface area contributed by atoms with Crippen LogP contribution in [0.3, 0.4) is 0 Å². The first-order valence-electron chi connectivity index (χ1n) is 4.45. The van der Waals surface area contributed by atoms with E-state index in [1.54, 1.807) is 0 Å². The van der Waals surface area contributed by atoms with Gasteiger partial charge in [0.25, 0.3) is 0 Å². The molecule has 0 unspecified atom stereocenters. The van der Waals surface area contributed by atoms with Gasteiger partial charge in [-0.05, 0) is 25.0 Å². The molecule has 0 aromatic carbocycles. The Hall–Kier alpha value is -1.58. The Kier molecular flexibility index (Phi) is 1.17. The molecule has 66 valence electrons. The lowest BCUT2D eigenvalue weighted by atomic mass is 10.3. The van der Waals surface area contributed by atoms with Gasteiger partial charge in [-0.25, -0.2) is 0 Å². The average molecular weight is 174 g/mol. The second kappa shape index (κ2) is 2.22. The van der Waals surface area contributed by atoms with Gasteiger partial charge in [0.15, 0.2) is 5.65 Å². The fourth-order valence-corrected chi connectivity index (χ4v) is 1.57. The molecule has 1 aliphatic carbocycles. The van der Waals surface area contributed by atoms with Crippen molar-refractivity contribution in [2.75, 3.05) is 5.73 Å². The summed E-state index contributed by atoms with van der Waals surface area (Å²) in [7, 11) is 0. The lowest BCUT2D eigenvalue weighted by Crippen LogP contribution is -1.94. The van der Waals surface area contributed by atoms with E-state index in [2.05, 4.69) is 10.2 Å². The molecule has 2 aromatic heterocycles. The summed E-state index contributed by atoms with van der Waals surface area (Å²) in [5.41, 5.74) is 7.24. The summed E-state index contributed by atoms with van der Waals surface area (Å²) in [6.07, 6.45) is 4.44. The van der Waals surface area contributed by atoms with Crippen LogP contribution in [0.25, 0.3) is 5.65 Å². The molecule has 4 heteroatoms. The number of nitrogens with zero attached hydrogens (tertiary/aromatic N) is 3. The van der Waals surface area contributed by atoms with Crippen molar-refractivity contribution in [1.29, 1.82) is 0 Å². The van der Waals surface area contributed by atoms with E-state index in [4.69, 9.17) is 5.73 Å². The molecule has 3 rings (SSSR count). The van der Waals surface area contributed by atoms with Gasteiger partial charge in [0, 0.05) is 12.1 Å². The predicted octanol–water partition coefficient (Wildman–Crippen LogP) is 1.19. The molecule has 0 radical (unpaired) electrons. The molecule has 0 aliphatic heterocycles.